The van der Waals surface area contributed by atoms with Crippen molar-refractivity contribution in [2.45, 2.75) is 6.92 Å². The molecule has 1 N–H and O–H groups in total. The van der Waals surface area contributed by atoms with Gasteiger partial charge in [-0.05, 0) is 0 Å². The Morgan fingerprint density at radius 2 is 1.67 bits per heavy atom. The topological polar surface area (TPSA) is 37.3 Å². The van der Waals surface area contributed by atoms with Gasteiger partial charge in [0.2, 0.25) is 0 Å². The SMILES string of the molecule is CC(=O)O.[Ru].[Zn]. The summed E-state index contributed by atoms with van der Waals surface area (Å²) in [6, 6.07) is 0. The van der Waals surface area contributed by atoms with Crippen molar-refractivity contribution in [3.05, 3.63) is 0 Å². The molecule has 0 amide bonds. The fraction of sp³-hybridized carbons (Fsp3) is 0.500. The van der Waals surface area contributed by atoms with Gasteiger partial charge in [0.15, 0.2) is 0 Å². The Labute approximate surface area is 61.8 Å². The number of rotatable bonds is 0. The summed E-state index contributed by atoms with van der Waals surface area (Å²) in [4.78, 5) is 9.00. The van der Waals surface area contributed by atoms with E-state index < -0.39 is 5.97 Å². The molecule has 34 valence electrons. The monoisotopic (exact) mass is 226 g/mol. The second-order valence-corrected chi connectivity index (χ2v) is 0.519. The summed E-state index contributed by atoms with van der Waals surface area (Å²) in [5.41, 5.74) is 0. The third kappa shape index (κ3) is 127. The molecule has 0 unspecified atom stereocenters. The predicted octanol–water partition coefficient (Wildman–Crippen LogP) is 0.0859. The smallest absolute Gasteiger partial charge is 0.300 e. The average Bonchev–Trinajstić information content (AvgIpc) is 0.811. The first-order chi connectivity index (χ1) is 1.73. The van der Waals surface area contributed by atoms with Crippen LogP contribution in [0.4, 0.5) is 0 Å². The molecule has 0 rings (SSSR count). The normalized spacial score (nSPS) is 4.17. The Kier molecular flexibility index (Phi) is 24.4. The molecule has 0 saturated carbocycles. The van der Waals surface area contributed by atoms with Crippen LogP contribution < -0.4 is 0 Å². The van der Waals surface area contributed by atoms with Crippen molar-refractivity contribution in [3.63, 3.8) is 0 Å². The number of aliphatic carboxylic acids is 1. The Bertz CT molecular complexity index is 34.5. The maximum Gasteiger partial charge on any atom is 0.300 e. The van der Waals surface area contributed by atoms with E-state index >= 15 is 0 Å². The molecule has 0 heterocycles. The van der Waals surface area contributed by atoms with Crippen molar-refractivity contribution >= 4 is 5.97 Å². The molecule has 0 atom stereocenters. The van der Waals surface area contributed by atoms with Crippen LogP contribution >= 0.6 is 0 Å². The molecule has 0 aliphatic carbocycles. The van der Waals surface area contributed by atoms with Gasteiger partial charge in [0.1, 0.15) is 0 Å². The molecular weight excluding hydrogens is 222 g/mol. The Morgan fingerprint density at radius 1 is 1.67 bits per heavy atom. The van der Waals surface area contributed by atoms with Crippen LogP contribution in [0.5, 0.6) is 0 Å². The second-order valence-electron chi connectivity index (χ2n) is 0.519. The van der Waals surface area contributed by atoms with Gasteiger partial charge in [-0.25, -0.2) is 0 Å². The maximum atomic E-state index is 9.00. The summed E-state index contributed by atoms with van der Waals surface area (Å²) in [6.07, 6.45) is 0. The summed E-state index contributed by atoms with van der Waals surface area (Å²) in [5.74, 6) is -0.833. The molecule has 0 aromatic carbocycles. The molecule has 0 saturated heterocycles. The number of carboxylic acid groups (broad SMARTS) is 1. The standard InChI is InChI=1S/C2H4O2.Ru.Zn/c1-2(3)4;;/h1H3,(H,3,4);;. The predicted molar refractivity (Wildman–Crippen MR) is 13.3 cm³/mol. The fourth-order valence-corrected chi connectivity index (χ4v) is 0. The third-order valence-corrected chi connectivity index (χ3v) is 0. The molecule has 6 heavy (non-hydrogen) atoms. The van der Waals surface area contributed by atoms with Crippen molar-refractivity contribution in [1.82, 2.24) is 0 Å². The number of carboxylic acids is 1. The first-order valence-corrected chi connectivity index (χ1v) is 0.928. The fourth-order valence-electron chi connectivity index (χ4n) is 0. The number of hydrogen-bond acceptors (Lipinski definition) is 1. The van der Waals surface area contributed by atoms with Gasteiger partial charge in [0.05, 0.1) is 0 Å². The zero-order valence-electron chi connectivity index (χ0n) is 3.42. The first-order valence-electron chi connectivity index (χ1n) is 0.928. The molecule has 2 nitrogen and oxygen atoms in total. The van der Waals surface area contributed by atoms with Gasteiger partial charge in [-0.2, -0.15) is 0 Å². The minimum absolute atomic E-state index is 0. The Morgan fingerprint density at radius 3 is 1.67 bits per heavy atom. The van der Waals surface area contributed by atoms with Crippen molar-refractivity contribution < 1.29 is 48.9 Å². The van der Waals surface area contributed by atoms with Gasteiger partial charge in [0.25, 0.3) is 5.97 Å². The van der Waals surface area contributed by atoms with Crippen LogP contribution in [0.2, 0.25) is 0 Å². The molecule has 0 aromatic heterocycles. The van der Waals surface area contributed by atoms with E-state index in [-0.39, 0.29) is 39.0 Å². The largest absolute Gasteiger partial charge is 0.481 e. The van der Waals surface area contributed by atoms with E-state index in [0.717, 1.165) is 6.92 Å². The summed E-state index contributed by atoms with van der Waals surface area (Å²) >= 11 is 0. The molecule has 0 fully saturated rings. The van der Waals surface area contributed by atoms with Crippen LogP contribution in [-0.2, 0) is 43.8 Å². The van der Waals surface area contributed by atoms with Gasteiger partial charge < -0.3 is 5.11 Å². The van der Waals surface area contributed by atoms with Crippen LogP contribution in [0.1, 0.15) is 6.92 Å². The molecule has 0 spiro atoms. The van der Waals surface area contributed by atoms with Crippen LogP contribution in [0.3, 0.4) is 0 Å². The van der Waals surface area contributed by atoms with E-state index in [0.29, 0.717) is 0 Å². The van der Waals surface area contributed by atoms with Crippen molar-refractivity contribution in [2.75, 3.05) is 0 Å². The van der Waals surface area contributed by atoms with E-state index in [2.05, 4.69) is 0 Å². The average molecular weight is 227 g/mol. The van der Waals surface area contributed by atoms with Gasteiger partial charge in [-0.1, -0.05) is 0 Å². The molecule has 0 aliphatic rings. The van der Waals surface area contributed by atoms with Crippen molar-refractivity contribution in [1.29, 1.82) is 0 Å². The maximum absolute atomic E-state index is 9.00. The molecule has 0 bridgehead atoms. The molecule has 0 aromatic rings. The summed E-state index contributed by atoms with van der Waals surface area (Å²) in [7, 11) is 0. The molecule has 0 radical (unpaired) electrons. The van der Waals surface area contributed by atoms with E-state index in [1.165, 1.54) is 0 Å². The minimum Gasteiger partial charge on any atom is -0.481 e. The summed E-state index contributed by atoms with van der Waals surface area (Å²) < 4.78 is 0. The van der Waals surface area contributed by atoms with E-state index in [1.807, 2.05) is 0 Å². The van der Waals surface area contributed by atoms with Gasteiger partial charge in [-0.3, -0.25) is 4.79 Å². The van der Waals surface area contributed by atoms with Crippen LogP contribution in [0.15, 0.2) is 0 Å². The van der Waals surface area contributed by atoms with Gasteiger partial charge >= 0.3 is 0 Å². The Hall–Kier alpha value is 0.717. The summed E-state index contributed by atoms with van der Waals surface area (Å²) in [5, 5.41) is 7.42. The third-order valence-electron chi connectivity index (χ3n) is 0. The molecular formula is C2H4O2RuZn. The van der Waals surface area contributed by atoms with Crippen LogP contribution in [0.25, 0.3) is 0 Å². The van der Waals surface area contributed by atoms with Crippen molar-refractivity contribution in [2.24, 2.45) is 0 Å². The van der Waals surface area contributed by atoms with Crippen LogP contribution in [0, 0.1) is 0 Å². The molecule has 0 aliphatic heterocycles. The second kappa shape index (κ2) is 9.21. The van der Waals surface area contributed by atoms with E-state index in [9.17, 15) is 0 Å². The van der Waals surface area contributed by atoms with Crippen molar-refractivity contribution in [3.8, 4) is 0 Å². The summed E-state index contributed by atoms with van der Waals surface area (Å²) in [6.45, 7) is 1.08. The Balaban J connectivity index is -0.0000000450. The zero-order chi connectivity index (χ0) is 3.58. The van der Waals surface area contributed by atoms with E-state index in [4.69, 9.17) is 9.90 Å². The minimum atomic E-state index is -0.833. The zero-order valence-corrected chi connectivity index (χ0v) is 8.12. The number of carbonyl (C=O) groups is 1. The number of hydrogen-bond donors (Lipinski definition) is 1. The van der Waals surface area contributed by atoms with E-state index in [1.54, 1.807) is 0 Å². The van der Waals surface area contributed by atoms with Gasteiger partial charge in [-0.15, -0.1) is 0 Å². The van der Waals surface area contributed by atoms with Gasteiger partial charge in [0, 0.05) is 45.9 Å². The quantitative estimate of drug-likeness (QED) is 0.594. The van der Waals surface area contributed by atoms with Crippen LogP contribution in [-0.4, -0.2) is 11.1 Å². The first kappa shape index (κ1) is 15.9. The molecule has 4 heteroatoms.